The summed E-state index contributed by atoms with van der Waals surface area (Å²) in [6.07, 6.45) is 15.9. The van der Waals surface area contributed by atoms with Gasteiger partial charge in [-0.3, -0.25) is 0 Å². The molecule has 4 aromatic carbocycles. The fraction of sp³-hybridized carbons (Fsp3) is 0.473. The van der Waals surface area contributed by atoms with Crippen molar-refractivity contribution in [2.45, 2.75) is 164 Å². The Morgan fingerprint density at radius 3 is 1.14 bits per heavy atom. The van der Waals surface area contributed by atoms with E-state index in [4.69, 9.17) is 0 Å². The van der Waals surface area contributed by atoms with Crippen LogP contribution in [0.5, 0.6) is 0 Å². The average molecular weight is 983 g/mol. The molecule has 3 heteroatoms. The zero-order valence-corrected chi connectivity index (χ0v) is 43.5. The van der Waals surface area contributed by atoms with Crippen LogP contribution in [-0.2, 0) is 50.2 Å². The molecule has 0 saturated carbocycles. The summed E-state index contributed by atoms with van der Waals surface area (Å²) in [5.74, 6) is 0. The second-order valence-electron chi connectivity index (χ2n) is 21.8. The molecule has 0 spiro atoms. The minimum atomic E-state index is -5.80. The topological polar surface area (TPSA) is 0 Å². The summed E-state index contributed by atoms with van der Waals surface area (Å²) in [7, 11) is 18.4. The van der Waals surface area contributed by atoms with E-state index in [0.29, 0.717) is 0 Å². The summed E-state index contributed by atoms with van der Waals surface area (Å²) in [5, 5.41) is 0. The molecule has 310 valence electrons. The van der Waals surface area contributed by atoms with Gasteiger partial charge in [-0.15, -0.1) is 0 Å². The molecule has 58 heavy (non-hydrogen) atoms. The molecule has 6 rings (SSSR count). The summed E-state index contributed by atoms with van der Waals surface area (Å²) in [4.78, 5) is 0. The number of fused-ring (bicyclic) bond motifs is 3. The standard InChI is InChI=1S/C29H41.C21H26.C5H5.2ClH.Hf/c1-26(2,3)22-14-18-13-19-15-23(27(4,5)6)25(29(10,11)12)17-21(19)20(18)16-24(22)28(7,8)9;1-3-5-7-18-9-13-20(14-10-18)17-21-15-11-19(12-16-21)8-6-4-2;1-2-4-5-3-1;;;/h13-17H,1-12H3;9-16H,3-8H2,1-2H3;1-5H;2*1H;/q;;;;;+2/p-2. The van der Waals surface area contributed by atoms with Gasteiger partial charge in [0.1, 0.15) is 0 Å². The first-order valence-electron chi connectivity index (χ1n) is 22.3. The number of unbranched alkanes of at least 4 members (excludes halogenated alkanes) is 2. The van der Waals surface area contributed by atoms with Crippen LogP contribution < -0.4 is 0 Å². The Labute approximate surface area is 361 Å². The minimum absolute atomic E-state index is 0.0535. The van der Waals surface area contributed by atoms with Crippen LogP contribution in [0.15, 0.2) is 97.1 Å². The van der Waals surface area contributed by atoms with Gasteiger partial charge < -0.3 is 0 Å². The maximum absolute atomic E-state index is 9.18. The van der Waals surface area contributed by atoms with E-state index in [-0.39, 0.29) is 29.0 Å². The van der Waals surface area contributed by atoms with E-state index in [2.05, 4.69) is 194 Å². The fourth-order valence-electron chi connectivity index (χ4n) is 9.84. The van der Waals surface area contributed by atoms with Crippen molar-refractivity contribution in [1.29, 1.82) is 0 Å². The van der Waals surface area contributed by atoms with Gasteiger partial charge in [-0.25, -0.2) is 0 Å². The predicted molar refractivity (Wildman–Crippen MR) is 256 cm³/mol. The summed E-state index contributed by atoms with van der Waals surface area (Å²) in [6.45, 7) is 32.9. The first kappa shape index (κ1) is 45.2. The molecule has 0 bridgehead atoms. The Bertz CT molecular complexity index is 2130. The van der Waals surface area contributed by atoms with Gasteiger partial charge in [-0.05, 0) is 0 Å². The van der Waals surface area contributed by atoms with Gasteiger partial charge in [-0.2, -0.15) is 0 Å². The molecular weight excluding hydrogens is 910 g/mol. The van der Waals surface area contributed by atoms with Crippen LogP contribution in [0.1, 0.15) is 182 Å². The third kappa shape index (κ3) is 8.46. The third-order valence-corrected chi connectivity index (χ3v) is 41.1. The van der Waals surface area contributed by atoms with E-state index in [1.165, 1.54) is 84.6 Å². The van der Waals surface area contributed by atoms with Crippen LogP contribution in [0.3, 0.4) is 0 Å². The van der Waals surface area contributed by atoms with E-state index < -0.39 is 15.7 Å². The van der Waals surface area contributed by atoms with Crippen LogP contribution in [0.25, 0.3) is 11.1 Å². The molecular formula is C55H72Cl2Hf. The van der Waals surface area contributed by atoms with Gasteiger partial charge in [0.15, 0.2) is 0 Å². The van der Waals surface area contributed by atoms with Gasteiger partial charge >= 0.3 is 364 Å². The van der Waals surface area contributed by atoms with Crippen LogP contribution >= 0.6 is 17.2 Å². The number of rotatable bonds is 10. The van der Waals surface area contributed by atoms with Crippen LogP contribution in [-0.4, -0.2) is 3.26 Å². The van der Waals surface area contributed by atoms with Gasteiger partial charge in [-0.1, -0.05) is 0 Å². The van der Waals surface area contributed by atoms with E-state index in [1.807, 2.05) is 0 Å². The molecule has 0 radical (unpaired) electrons. The quantitative estimate of drug-likeness (QED) is 0.139. The molecule has 0 aromatic heterocycles. The monoisotopic (exact) mass is 982 g/mol. The first-order valence-corrected chi connectivity index (χ1v) is 37.1. The molecule has 0 nitrogen and oxygen atoms in total. The van der Waals surface area contributed by atoms with E-state index in [9.17, 15) is 17.2 Å². The summed E-state index contributed by atoms with van der Waals surface area (Å²) < 4.78 is 0.908. The van der Waals surface area contributed by atoms with Gasteiger partial charge in [0.25, 0.3) is 0 Å². The average Bonchev–Trinajstić information content (AvgIpc) is 3.80. The Hall–Kier alpha value is -2.32. The maximum atomic E-state index is 9.18. The summed E-state index contributed by atoms with van der Waals surface area (Å²) in [6, 6.07) is 29.0. The number of halogens is 2. The predicted octanol–water partition coefficient (Wildman–Crippen LogP) is 16.8. The fourth-order valence-corrected chi connectivity index (χ4v) is 37.6. The molecule has 0 aliphatic heterocycles. The first-order chi connectivity index (χ1) is 26.9. The molecule has 0 amide bonds. The van der Waals surface area contributed by atoms with Gasteiger partial charge in [0.2, 0.25) is 0 Å². The second-order valence-corrected chi connectivity index (χ2v) is 51.3. The van der Waals surface area contributed by atoms with Gasteiger partial charge in [0, 0.05) is 0 Å². The van der Waals surface area contributed by atoms with Crippen LogP contribution in [0.2, 0.25) is 3.67 Å². The van der Waals surface area contributed by atoms with E-state index in [1.54, 1.807) is 0 Å². The SMILES string of the molecule is CCCCc1ccc([C](c2ccc(CCCC)cc2)=[Hf]([Cl])([Cl])([CH]2C=CC=C2)[CH]2c3cc(C(C)(C)C)c(C(C)(C)C)cc3-c3cc(C(C)(C)C)c(C(C)(C)C)cc32)cc1. The summed E-state index contributed by atoms with van der Waals surface area (Å²) in [5.41, 5.74) is 15.6. The molecule has 0 atom stereocenters. The molecule has 4 aromatic rings. The van der Waals surface area contributed by atoms with Crippen LogP contribution in [0, 0.1) is 0 Å². The van der Waals surface area contributed by atoms with Crippen LogP contribution in [0.4, 0.5) is 0 Å². The van der Waals surface area contributed by atoms with Crippen molar-refractivity contribution in [3.8, 4) is 11.1 Å². The third-order valence-electron chi connectivity index (χ3n) is 13.0. The summed E-state index contributed by atoms with van der Waals surface area (Å²) >= 11 is -5.80. The normalized spacial score (nSPS) is 15.3. The number of aryl methyl sites for hydroxylation is 2. The van der Waals surface area contributed by atoms with Crippen molar-refractivity contribution in [3.63, 3.8) is 0 Å². The zero-order valence-electron chi connectivity index (χ0n) is 38.4. The van der Waals surface area contributed by atoms with Crippen molar-refractivity contribution >= 4 is 20.4 Å². The number of hydrogen-bond donors (Lipinski definition) is 0. The number of allylic oxidation sites excluding steroid dienone is 4. The molecule has 0 N–H and O–H groups in total. The zero-order chi connectivity index (χ0) is 42.7. The molecule has 0 unspecified atom stereocenters. The number of hydrogen-bond acceptors (Lipinski definition) is 0. The molecule has 0 fully saturated rings. The molecule has 2 aliphatic carbocycles. The van der Waals surface area contributed by atoms with E-state index in [0.717, 1.165) is 24.0 Å². The van der Waals surface area contributed by atoms with Crippen molar-refractivity contribution in [3.05, 3.63) is 153 Å². The Morgan fingerprint density at radius 2 is 0.828 bits per heavy atom. The van der Waals surface area contributed by atoms with Crippen molar-refractivity contribution < 1.29 is 15.7 Å². The second kappa shape index (κ2) is 16.2. The van der Waals surface area contributed by atoms with Crippen molar-refractivity contribution in [2.75, 3.05) is 0 Å². The van der Waals surface area contributed by atoms with Crippen molar-refractivity contribution in [1.82, 2.24) is 0 Å². The Kier molecular flexibility index (Phi) is 12.6. The Morgan fingerprint density at radius 1 is 0.500 bits per heavy atom. The molecule has 2 aliphatic rings. The molecule has 0 heterocycles. The number of benzene rings is 4. The van der Waals surface area contributed by atoms with E-state index >= 15 is 0 Å². The molecule has 0 saturated heterocycles. The van der Waals surface area contributed by atoms with Gasteiger partial charge in [0.05, 0.1) is 0 Å². The Balaban J connectivity index is 1.86. The van der Waals surface area contributed by atoms with Crippen molar-refractivity contribution in [2.24, 2.45) is 0 Å².